The van der Waals surface area contributed by atoms with Crippen LogP contribution < -0.4 is 16.8 Å². The molecule has 0 bridgehead atoms. The zero-order valence-electron chi connectivity index (χ0n) is 9.28. The summed E-state index contributed by atoms with van der Waals surface area (Å²) in [6.07, 6.45) is 3.06. The predicted octanol–water partition coefficient (Wildman–Crippen LogP) is -0.409. The maximum atomic E-state index is 11.6. The molecular weight excluding hydrogens is 226 g/mol. The second kappa shape index (κ2) is 6.88. The minimum atomic E-state index is -0.523. The van der Waals surface area contributed by atoms with E-state index in [1.807, 2.05) is 0 Å². The number of carbonyl (C=O) groups is 2. The number of nitrogens with one attached hydrogen (secondary N) is 1. The molecule has 1 saturated heterocycles. The zero-order chi connectivity index (χ0) is 12.0. The molecule has 1 rings (SSSR count). The van der Waals surface area contributed by atoms with Gasteiger partial charge in [0.2, 0.25) is 11.0 Å². The van der Waals surface area contributed by atoms with Gasteiger partial charge < -0.3 is 16.8 Å². The van der Waals surface area contributed by atoms with Crippen molar-refractivity contribution in [3.8, 4) is 0 Å². The van der Waals surface area contributed by atoms with Crippen molar-refractivity contribution in [2.45, 2.75) is 37.8 Å². The van der Waals surface area contributed by atoms with Crippen LogP contribution in [0, 0.1) is 0 Å². The molecule has 6 heteroatoms. The highest BCUT2D eigenvalue weighted by Crippen LogP contribution is 2.19. The van der Waals surface area contributed by atoms with Crippen molar-refractivity contribution >= 4 is 22.8 Å². The Balaban J connectivity index is 2.25. The first-order valence-electron chi connectivity index (χ1n) is 5.58. The summed E-state index contributed by atoms with van der Waals surface area (Å²) in [6.45, 7) is 0.617. The summed E-state index contributed by atoms with van der Waals surface area (Å²) >= 11 is 1.27. The number of thioether (sulfide) groups is 1. The van der Waals surface area contributed by atoms with Crippen LogP contribution in [0.1, 0.15) is 25.7 Å². The lowest BCUT2D eigenvalue weighted by Gasteiger charge is -2.15. The fourth-order valence-corrected chi connectivity index (χ4v) is 2.48. The van der Waals surface area contributed by atoms with Crippen LogP contribution in [0.3, 0.4) is 0 Å². The maximum absolute atomic E-state index is 11.6. The van der Waals surface area contributed by atoms with Gasteiger partial charge in [0, 0.05) is 5.75 Å². The van der Waals surface area contributed by atoms with E-state index in [-0.39, 0.29) is 17.1 Å². The molecule has 0 spiro atoms. The molecule has 5 nitrogen and oxygen atoms in total. The van der Waals surface area contributed by atoms with Crippen molar-refractivity contribution in [2.75, 3.05) is 12.3 Å². The molecule has 1 fully saturated rings. The molecule has 16 heavy (non-hydrogen) atoms. The van der Waals surface area contributed by atoms with Gasteiger partial charge in [-0.05, 0) is 25.8 Å². The number of hydrogen-bond acceptors (Lipinski definition) is 5. The number of unbranched alkanes of at least 4 members (excludes halogenated alkanes) is 1. The topological polar surface area (TPSA) is 98.2 Å². The number of carbonyl (C=O) groups excluding carboxylic acids is 2. The summed E-state index contributed by atoms with van der Waals surface area (Å²) in [5, 5.41) is 2.73. The van der Waals surface area contributed by atoms with Gasteiger partial charge in [-0.15, -0.1) is 0 Å². The van der Waals surface area contributed by atoms with Gasteiger partial charge in [-0.25, -0.2) is 0 Å². The molecule has 1 aliphatic heterocycles. The largest absolute Gasteiger partial charge is 0.344 e. The fourth-order valence-electron chi connectivity index (χ4n) is 1.55. The van der Waals surface area contributed by atoms with Gasteiger partial charge in [0.1, 0.15) is 0 Å². The van der Waals surface area contributed by atoms with Crippen molar-refractivity contribution in [3.05, 3.63) is 0 Å². The Morgan fingerprint density at radius 2 is 2.31 bits per heavy atom. The van der Waals surface area contributed by atoms with Gasteiger partial charge in [-0.1, -0.05) is 18.2 Å². The molecule has 0 aromatic carbocycles. The van der Waals surface area contributed by atoms with E-state index in [1.165, 1.54) is 11.8 Å². The van der Waals surface area contributed by atoms with Gasteiger partial charge >= 0.3 is 0 Å². The minimum Gasteiger partial charge on any atom is -0.344 e. The molecule has 5 N–H and O–H groups in total. The van der Waals surface area contributed by atoms with Crippen LogP contribution in [0.15, 0.2) is 0 Å². The van der Waals surface area contributed by atoms with Crippen molar-refractivity contribution in [3.63, 3.8) is 0 Å². The molecule has 1 heterocycles. The van der Waals surface area contributed by atoms with Crippen LogP contribution >= 0.6 is 11.8 Å². The Bertz CT molecular complexity index is 260. The standard InChI is InChI=1S/C10H19N3O2S/c11-5-2-1-3-7(12)9(14)13-8-4-6-16-10(8)15/h7-8H,1-6,11-12H2,(H,13,14). The Kier molecular flexibility index (Phi) is 5.79. The van der Waals surface area contributed by atoms with E-state index in [2.05, 4.69) is 5.32 Å². The first kappa shape index (κ1) is 13.5. The number of amides is 1. The molecular formula is C10H19N3O2S. The first-order valence-corrected chi connectivity index (χ1v) is 6.56. The van der Waals surface area contributed by atoms with E-state index < -0.39 is 6.04 Å². The molecule has 1 aliphatic rings. The Morgan fingerprint density at radius 3 is 2.88 bits per heavy atom. The fraction of sp³-hybridized carbons (Fsp3) is 0.800. The van der Waals surface area contributed by atoms with E-state index in [4.69, 9.17) is 11.5 Å². The van der Waals surface area contributed by atoms with E-state index in [9.17, 15) is 9.59 Å². The summed E-state index contributed by atoms with van der Waals surface area (Å²) in [7, 11) is 0. The van der Waals surface area contributed by atoms with Crippen molar-refractivity contribution < 1.29 is 9.59 Å². The third kappa shape index (κ3) is 4.11. The molecule has 0 radical (unpaired) electrons. The lowest BCUT2D eigenvalue weighted by Crippen LogP contribution is -2.46. The Hall–Kier alpha value is -0.590. The summed E-state index contributed by atoms with van der Waals surface area (Å²) in [6, 6.07) is -0.858. The smallest absolute Gasteiger partial charge is 0.237 e. The molecule has 2 atom stereocenters. The normalized spacial score (nSPS) is 22.1. The Morgan fingerprint density at radius 1 is 1.56 bits per heavy atom. The summed E-state index contributed by atoms with van der Waals surface area (Å²) in [4.78, 5) is 22.9. The van der Waals surface area contributed by atoms with Crippen molar-refractivity contribution in [1.82, 2.24) is 5.32 Å². The monoisotopic (exact) mass is 245 g/mol. The van der Waals surface area contributed by atoms with Crippen LogP contribution in [-0.4, -0.2) is 35.4 Å². The van der Waals surface area contributed by atoms with Crippen LogP contribution in [0.5, 0.6) is 0 Å². The highest BCUT2D eigenvalue weighted by atomic mass is 32.2. The lowest BCUT2D eigenvalue weighted by molar-refractivity contribution is -0.125. The molecule has 1 amide bonds. The summed E-state index contributed by atoms with van der Waals surface area (Å²) < 4.78 is 0. The average Bonchev–Trinajstić information content (AvgIpc) is 2.64. The average molecular weight is 245 g/mol. The highest BCUT2D eigenvalue weighted by molar-refractivity contribution is 8.14. The number of nitrogens with two attached hydrogens (primary N) is 2. The zero-order valence-corrected chi connectivity index (χ0v) is 10.1. The van der Waals surface area contributed by atoms with E-state index >= 15 is 0 Å². The van der Waals surface area contributed by atoms with Crippen molar-refractivity contribution in [2.24, 2.45) is 11.5 Å². The highest BCUT2D eigenvalue weighted by Gasteiger charge is 2.28. The third-order valence-corrected chi connectivity index (χ3v) is 3.57. The van der Waals surface area contributed by atoms with Crippen LogP contribution in [0.4, 0.5) is 0 Å². The minimum absolute atomic E-state index is 0.0440. The van der Waals surface area contributed by atoms with E-state index in [0.29, 0.717) is 19.4 Å². The maximum Gasteiger partial charge on any atom is 0.237 e. The number of hydrogen-bond donors (Lipinski definition) is 3. The molecule has 92 valence electrons. The molecule has 2 unspecified atom stereocenters. The van der Waals surface area contributed by atoms with Gasteiger partial charge in [-0.3, -0.25) is 9.59 Å². The predicted molar refractivity (Wildman–Crippen MR) is 64.9 cm³/mol. The van der Waals surface area contributed by atoms with Crippen LogP contribution in [-0.2, 0) is 9.59 Å². The van der Waals surface area contributed by atoms with Crippen molar-refractivity contribution in [1.29, 1.82) is 0 Å². The second-order valence-electron chi connectivity index (χ2n) is 3.91. The van der Waals surface area contributed by atoms with Gasteiger partial charge in [0.15, 0.2) is 0 Å². The summed E-state index contributed by atoms with van der Waals surface area (Å²) in [5.74, 6) is 0.560. The SMILES string of the molecule is NCCCCC(N)C(=O)NC1CCSC1=O. The van der Waals surface area contributed by atoms with E-state index in [1.54, 1.807) is 0 Å². The van der Waals surface area contributed by atoms with Gasteiger partial charge in [-0.2, -0.15) is 0 Å². The van der Waals surface area contributed by atoms with Crippen LogP contribution in [0.2, 0.25) is 0 Å². The number of rotatable bonds is 6. The van der Waals surface area contributed by atoms with E-state index in [0.717, 1.165) is 18.6 Å². The second-order valence-corrected chi connectivity index (χ2v) is 5.01. The molecule has 0 aromatic heterocycles. The third-order valence-electron chi connectivity index (χ3n) is 2.56. The quantitative estimate of drug-likeness (QED) is 0.553. The van der Waals surface area contributed by atoms with Gasteiger partial charge in [0.25, 0.3) is 0 Å². The Labute approximate surface area is 99.7 Å². The molecule has 0 saturated carbocycles. The lowest BCUT2D eigenvalue weighted by atomic mass is 10.1. The first-order chi connectivity index (χ1) is 7.65. The molecule has 0 aromatic rings. The summed E-state index contributed by atoms with van der Waals surface area (Å²) in [5.41, 5.74) is 11.1. The van der Waals surface area contributed by atoms with Crippen LogP contribution in [0.25, 0.3) is 0 Å². The van der Waals surface area contributed by atoms with Gasteiger partial charge in [0.05, 0.1) is 12.1 Å². The molecule has 0 aliphatic carbocycles.